The first-order valence-corrected chi connectivity index (χ1v) is 8.47. The van der Waals surface area contributed by atoms with Gasteiger partial charge >= 0.3 is 5.97 Å². The molecule has 6 nitrogen and oxygen atoms in total. The number of benzene rings is 2. The number of methoxy groups -OCH3 is 3. The van der Waals surface area contributed by atoms with Gasteiger partial charge in [0.2, 0.25) is 0 Å². The number of esters is 1. The summed E-state index contributed by atoms with van der Waals surface area (Å²) in [5.41, 5.74) is 3.49. The number of nitrogens with one attached hydrogen (secondary N) is 1. The molecule has 0 aliphatic heterocycles. The molecule has 7 heteroatoms. The Morgan fingerprint density at radius 1 is 1.07 bits per heavy atom. The first-order valence-electron chi connectivity index (χ1n) is 8.47. The fourth-order valence-corrected chi connectivity index (χ4v) is 2.85. The first kappa shape index (κ1) is 20.4. The van der Waals surface area contributed by atoms with Crippen LogP contribution in [0.3, 0.4) is 0 Å². The molecule has 0 atom stereocenters. The van der Waals surface area contributed by atoms with Gasteiger partial charge in [-0.1, -0.05) is 19.0 Å². The second-order valence-corrected chi connectivity index (χ2v) is 5.86. The van der Waals surface area contributed by atoms with Crippen molar-refractivity contribution < 1.29 is 23.8 Å². The van der Waals surface area contributed by atoms with E-state index in [4.69, 9.17) is 9.47 Å². The molecule has 2 aromatic rings. The molecule has 0 fully saturated rings. The van der Waals surface area contributed by atoms with Crippen LogP contribution in [0.4, 0.5) is 0 Å². The van der Waals surface area contributed by atoms with Gasteiger partial charge < -0.3 is 19.5 Å². The Morgan fingerprint density at radius 2 is 1.74 bits per heavy atom. The Morgan fingerprint density at radius 3 is 2.26 bits per heavy atom. The smallest absolute Gasteiger partial charge is 0.337 e. The van der Waals surface area contributed by atoms with Crippen molar-refractivity contribution in [2.45, 2.75) is 20.3 Å². The van der Waals surface area contributed by atoms with Crippen LogP contribution in [-0.4, -0.2) is 40.5 Å². The third-order valence-corrected chi connectivity index (χ3v) is 4.34. The lowest BCUT2D eigenvalue weighted by molar-refractivity contribution is 0.0600. The van der Waals surface area contributed by atoms with E-state index >= 15 is 0 Å². The van der Waals surface area contributed by atoms with Crippen LogP contribution in [0, 0.1) is 6.92 Å². The van der Waals surface area contributed by atoms with E-state index in [-0.39, 0.29) is 5.91 Å². The van der Waals surface area contributed by atoms with Crippen molar-refractivity contribution >= 4 is 24.6 Å². The number of carbonyl (C=O) groups is 2. The third kappa shape index (κ3) is 4.42. The molecule has 1 radical (unpaired) electrons. The van der Waals surface area contributed by atoms with Crippen LogP contribution in [0.25, 0.3) is 0 Å². The zero-order valence-electron chi connectivity index (χ0n) is 16.2. The Balaban J connectivity index is 2.19. The van der Waals surface area contributed by atoms with Crippen molar-refractivity contribution in [3.8, 4) is 11.5 Å². The summed E-state index contributed by atoms with van der Waals surface area (Å²) < 4.78 is 15.5. The highest BCUT2D eigenvalue weighted by molar-refractivity contribution is 6.54. The normalized spacial score (nSPS) is 10.1. The number of amides is 1. The molecule has 141 valence electrons. The Kier molecular flexibility index (Phi) is 6.88. The molecule has 0 aromatic heterocycles. The molecule has 0 heterocycles. The standard InChI is InChI=1S/C20H23BNO5/c1-12-15(10-16(25-3)18(26-4)17(12)21-2)19(23)22-11-13-6-8-14(9-7-13)20(24)27-5/h6-10H,11H2,1-5H3,(H,22,23). The summed E-state index contributed by atoms with van der Waals surface area (Å²) in [5, 5.41) is 2.89. The maximum atomic E-state index is 12.7. The number of hydrogen-bond acceptors (Lipinski definition) is 5. The average Bonchev–Trinajstić information content (AvgIpc) is 2.71. The fourth-order valence-electron chi connectivity index (χ4n) is 2.85. The number of ether oxygens (including phenoxy) is 3. The largest absolute Gasteiger partial charge is 0.493 e. The quantitative estimate of drug-likeness (QED) is 0.599. The Hall–Kier alpha value is -2.96. The molecule has 2 aromatic carbocycles. The minimum Gasteiger partial charge on any atom is -0.493 e. The molecule has 0 aliphatic carbocycles. The number of rotatable bonds is 7. The van der Waals surface area contributed by atoms with Crippen molar-refractivity contribution in [3.63, 3.8) is 0 Å². The molecule has 0 saturated carbocycles. The molecule has 0 bridgehead atoms. The van der Waals surface area contributed by atoms with Crippen molar-refractivity contribution in [1.29, 1.82) is 0 Å². The second-order valence-electron chi connectivity index (χ2n) is 5.86. The van der Waals surface area contributed by atoms with Crippen LogP contribution >= 0.6 is 0 Å². The summed E-state index contributed by atoms with van der Waals surface area (Å²) in [4.78, 5) is 24.2. The highest BCUT2D eigenvalue weighted by Gasteiger charge is 2.19. The first-order chi connectivity index (χ1) is 13.0. The summed E-state index contributed by atoms with van der Waals surface area (Å²) in [6.07, 6.45) is 0. The van der Waals surface area contributed by atoms with Crippen LogP contribution in [0.2, 0.25) is 6.82 Å². The lowest BCUT2D eigenvalue weighted by Gasteiger charge is -2.18. The van der Waals surface area contributed by atoms with Gasteiger partial charge in [-0.2, -0.15) is 0 Å². The van der Waals surface area contributed by atoms with Crippen molar-refractivity contribution in [2.24, 2.45) is 0 Å². The van der Waals surface area contributed by atoms with Gasteiger partial charge in [0.15, 0.2) is 18.8 Å². The Bertz CT molecular complexity index is 833. The topological polar surface area (TPSA) is 73.9 Å². The highest BCUT2D eigenvalue weighted by atomic mass is 16.5. The van der Waals surface area contributed by atoms with Gasteiger partial charge in [-0.05, 0) is 41.7 Å². The van der Waals surface area contributed by atoms with E-state index in [0.29, 0.717) is 29.2 Å². The molecule has 0 spiro atoms. The fraction of sp³-hybridized carbons (Fsp3) is 0.300. The summed E-state index contributed by atoms with van der Waals surface area (Å²) in [6.45, 7) is 4.09. The van der Waals surface area contributed by atoms with Gasteiger partial charge in [0.25, 0.3) is 5.91 Å². The number of carbonyl (C=O) groups excluding carboxylic acids is 2. The maximum absolute atomic E-state index is 12.7. The van der Waals surface area contributed by atoms with Crippen LogP contribution in [0.1, 0.15) is 31.8 Å². The SMILES string of the molecule is C[B]c1c(C)c(C(=O)NCc2ccc(C(=O)OC)cc2)cc(OC)c1OC. The molecule has 2 rings (SSSR count). The second kappa shape index (κ2) is 9.12. The zero-order chi connectivity index (χ0) is 20.0. The van der Waals surface area contributed by atoms with Crippen LogP contribution in [0.15, 0.2) is 30.3 Å². The molecule has 0 saturated heterocycles. The van der Waals surface area contributed by atoms with Crippen LogP contribution < -0.4 is 20.3 Å². The molecule has 0 unspecified atom stereocenters. The van der Waals surface area contributed by atoms with Gasteiger partial charge in [-0.3, -0.25) is 4.79 Å². The molecule has 1 N–H and O–H groups in total. The predicted octanol–water partition coefficient (Wildman–Crippen LogP) is 2.11. The molecule has 1 amide bonds. The summed E-state index contributed by atoms with van der Waals surface area (Å²) in [7, 11) is 6.34. The lowest BCUT2D eigenvalue weighted by Crippen LogP contribution is -2.28. The van der Waals surface area contributed by atoms with E-state index in [1.54, 1.807) is 37.4 Å². The minimum absolute atomic E-state index is 0.214. The van der Waals surface area contributed by atoms with Crippen molar-refractivity contribution in [3.05, 3.63) is 52.6 Å². The predicted molar refractivity (Wildman–Crippen MR) is 104 cm³/mol. The molecular weight excluding hydrogens is 345 g/mol. The van der Waals surface area contributed by atoms with Gasteiger partial charge in [-0.15, -0.1) is 0 Å². The van der Waals surface area contributed by atoms with Gasteiger partial charge in [-0.25, -0.2) is 4.79 Å². The average molecular weight is 368 g/mol. The minimum atomic E-state index is -0.394. The zero-order valence-corrected chi connectivity index (χ0v) is 16.2. The summed E-state index contributed by atoms with van der Waals surface area (Å²) >= 11 is 0. The van der Waals surface area contributed by atoms with Crippen molar-refractivity contribution in [2.75, 3.05) is 21.3 Å². The van der Waals surface area contributed by atoms with Crippen LogP contribution in [-0.2, 0) is 11.3 Å². The van der Waals surface area contributed by atoms with E-state index in [1.165, 1.54) is 14.2 Å². The van der Waals surface area contributed by atoms with Crippen LogP contribution in [0.5, 0.6) is 11.5 Å². The van der Waals surface area contributed by atoms with Crippen molar-refractivity contribution in [1.82, 2.24) is 5.32 Å². The van der Waals surface area contributed by atoms with E-state index in [2.05, 4.69) is 10.1 Å². The maximum Gasteiger partial charge on any atom is 0.337 e. The lowest BCUT2D eigenvalue weighted by atomic mass is 9.69. The van der Waals surface area contributed by atoms with E-state index in [1.807, 2.05) is 21.0 Å². The third-order valence-electron chi connectivity index (χ3n) is 4.34. The Labute approximate surface area is 160 Å². The van der Waals surface area contributed by atoms with E-state index in [0.717, 1.165) is 16.6 Å². The van der Waals surface area contributed by atoms with Gasteiger partial charge in [0, 0.05) is 12.1 Å². The molecule has 0 aliphatic rings. The number of hydrogen-bond donors (Lipinski definition) is 1. The summed E-state index contributed by atoms with van der Waals surface area (Å²) in [5.74, 6) is 0.500. The monoisotopic (exact) mass is 368 g/mol. The summed E-state index contributed by atoms with van der Waals surface area (Å²) in [6, 6.07) is 8.56. The van der Waals surface area contributed by atoms with Gasteiger partial charge in [0.05, 0.1) is 26.9 Å². The van der Waals surface area contributed by atoms with E-state index in [9.17, 15) is 9.59 Å². The van der Waals surface area contributed by atoms with Gasteiger partial charge in [0.1, 0.15) is 0 Å². The molecular formula is C20H23BNO5. The van der Waals surface area contributed by atoms with E-state index < -0.39 is 5.97 Å². The highest BCUT2D eigenvalue weighted by Crippen LogP contribution is 2.28. The molecule has 27 heavy (non-hydrogen) atoms.